The van der Waals surface area contributed by atoms with Crippen LogP contribution in [0.15, 0.2) is 24.3 Å². The average Bonchev–Trinajstić information content (AvgIpc) is 2.98. The molecule has 2 aromatic rings. The van der Waals surface area contributed by atoms with Crippen LogP contribution in [0.3, 0.4) is 0 Å². The van der Waals surface area contributed by atoms with Gasteiger partial charge in [0.25, 0.3) is 0 Å². The highest BCUT2D eigenvalue weighted by Crippen LogP contribution is 2.28. The minimum absolute atomic E-state index is 0.215. The molecule has 0 fully saturated rings. The molecule has 0 saturated carbocycles. The molecule has 2 N–H and O–H groups in total. The lowest BCUT2D eigenvalue weighted by atomic mass is 9.99. The minimum atomic E-state index is -5.08. The fourth-order valence-corrected chi connectivity index (χ4v) is 3.29. The first kappa shape index (κ1) is 25.4. The predicted octanol–water partition coefficient (Wildman–Crippen LogP) is 3.29. The van der Waals surface area contributed by atoms with Gasteiger partial charge in [0, 0.05) is 42.4 Å². The van der Waals surface area contributed by atoms with Crippen LogP contribution < -0.4 is 0 Å². The quantitative estimate of drug-likeness (QED) is 0.740. The molecule has 176 valence electrons. The molecular formula is C22H29F3N4O3. The van der Waals surface area contributed by atoms with Gasteiger partial charge < -0.3 is 10.0 Å². The number of aromatic nitrogens is 2. The largest absolute Gasteiger partial charge is 0.490 e. The monoisotopic (exact) mass is 454 g/mol. The number of hydrogen-bond donors (Lipinski definition) is 2. The van der Waals surface area contributed by atoms with Gasteiger partial charge in [-0.25, -0.2) is 4.79 Å². The van der Waals surface area contributed by atoms with E-state index in [2.05, 4.69) is 60.1 Å². The molecule has 0 atom stereocenters. The molecule has 32 heavy (non-hydrogen) atoms. The van der Waals surface area contributed by atoms with Gasteiger partial charge >= 0.3 is 12.1 Å². The van der Waals surface area contributed by atoms with Gasteiger partial charge in [-0.05, 0) is 39.8 Å². The van der Waals surface area contributed by atoms with E-state index in [9.17, 15) is 18.0 Å². The SMILES string of the molecule is Cc1ccccc1-c1n[nH]c2c1CCN(C(=O)CN(C)C(C)C)CC2.O=C(O)C(F)(F)F. The fraction of sp³-hybridized carbons (Fsp3) is 0.500. The normalized spacial score (nSPS) is 14.0. The lowest BCUT2D eigenvalue weighted by molar-refractivity contribution is -0.192. The summed E-state index contributed by atoms with van der Waals surface area (Å²) in [6, 6.07) is 8.72. The maximum absolute atomic E-state index is 12.6. The molecule has 0 spiro atoms. The summed E-state index contributed by atoms with van der Waals surface area (Å²) >= 11 is 0. The number of fused-ring (bicyclic) bond motifs is 1. The summed E-state index contributed by atoms with van der Waals surface area (Å²) in [5.41, 5.74) is 5.89. The van der Waals surface area contributed by atoms with Crippen LogP contribution in [-0.4, -0.2) is 75.9 Å². The average molecular weight is 454 g/mol. The molecule has 10 heteroatoms. The Morgan fingerprint density at radius 1 is 1.22 bits per heavy atom. The number of carbonyl (C=O) groups is 2. The molecule has 1 aromatic carbocycles. The molecule has 0 radical (unpaired) electrons. The van der Waals surface area contributed by atoms with Crippen LogP contribution in [0.5, 0.6) is 0 Å². The maximum Gasteiger partial charge on any atom is 0.490 e. The number of aromatic amines is 1. The predicted molar refractivity (Wildman–Crippen MR) is 114 cm³/mol. The van der Waals surface area contributed by atoms with E-state index >= 15 is 0 Å². The lowest BCUT2D eigenvalue weighted by Crippen LogP contribution is -2.42. The van der Waals surface area contributed by atoms with E-state index in [-0.39, 0.29) is 5.91 Å². The number of nitrogens with one attached hydrogen (secondary N) is 1. The van der Waals surface area contributed by atoms with Crippen molar-refractivity contribution in [2.45, 2.75) is 45.8 Å². The second-order valence-electron chi connectivity index (χ2n) is 8.04. The first-order valence-corrected chi connectivity index (χ1v) is 10.3. The van der Waals surface area contributed by atoms with Crippen molar-refractivity contribution in [2.75, 3.05) is 26.7 Å². The summed E-state index contributed by atoms with van der Waals surface area (Å²) in [4.78, 5) is 25.6. The van der Waals surface area contributed by atoms with Crippen LogP contribution in [0.25, 0.3) is 11.3 Å². The van der Waals surface area contributed by atoms with Crippen LogP contribution in [-0.2, 0) is 22.4 Å². The number of nitrogens with zero attached hydrogens (tertiary/aromatic N) is 3. The molecular weight excluding hydrogens is 425 g/mol. The molecule has 1 amide bonds. The van der Waals surface area contributed by atoms with E-state index in [0.29, 0.717) is 12.6 Å². The van der Waals surface area contributed by atoms with Gasteiger partial charge in [-0.3, -0.25) is 14.8 Å². The van der Waals surface area contributed by atoms with Crippen molar-refractivity contribution in [3.05, 3.63) is 41.1 Å². The molecule has 1 aliphatic heterocycles. The van der Waals surface area contributed by atoms with E-state index in [0.717, 1.165) is 31.6 Å². The van der Waals surface area contributed by atoms with Crippen LogP contribution in [0.4, 0.5) is 13.2 Å². The Morgan fingerprint density at radius 2 is 1.81 bits per heavy atom. The molecule has 0 bridgehead atoms. The summed E-state index contributed by atoms with van der Waals surface area (Å²) in [5, 5.41) is 14.9. The lowest BCUT2D eigenvalue weighted by Gasteiger charge is -2.26. The Morgan fingerprint density at radius 3 is 2.38 bits per heavy atom. The molecule has 3 rings (SSSR count). The van der Waals surface area contributed by atoms with Crippen LogP contribution in [0.1, 0.15) is 30.7 Å². The summed E-state index contributed by atoms with van der Waals surface area (Å²) < 4.78 is 31.7. The topological polar surface area (TPSA) is 89.5 Å². The third-order valence-electron chi connectivity index (χ3n) is 5.48. The third kappa shape index (κ3) is 6.56. The summed E-state index contributed by atoms with van der Waals surface area (Å²) in [6.07, 6.45) is -3.39. The van der Waals surface area contributed by atoms with Gasteiger partial charge in [0.2, 0.25) is 5.91 Å². The number of aryl methyl sites for hydroxylation is 1. The van der Waals surface area contributed by atoms with Gasteiger partial charge in [0.1, 0.15) is 0 Å². The maximum atomic E-state index is 12.6. The Balaban J connectivity index is 0.000000451. The molecule has 7 nitrogen and oxygen atoms in total. The van der Waals surface area contributed by atoms with Crippen LogP contribution in [0.2, 0.25) is 0 Å². The second kappa shape index (κ2) is 10.6. The number of H-pyrrole nitrogens is 1. The van der Waals surface area contributed by atoms with E-state index < -0.39 is 12.1 Å². The van der Waals surface area contributed by atoms with E-state index in [1.807, 2.05) is 11.9 Å². The smallest absolute Gasteiger partial charge is 0.475 e. The Hall–Kier alpha value is -2.88. The zero-order chi connectivity index (χ0) is 24.1. The molecule has 1 aromatic heterocycles. The van der Waals surface area contributed by atoms with E-state index in [4.69, 9.17) is 9.90 Å². The van der Waals surface area contributed by atoms with Crippen LogP contribution >= 0.6 is 0 Å². The van der Waals surface area contributed by atoms with Gasteiger partial charge in [0.05, 0.1) is 12.2 Å². The van der Waals surface area contributed by atoms with Crippen molar-refractivity contribution in [1.29, 1.82) is 0 Å². The Labute approximate surface area is 185 Å². The van der Waals surface area contributed by atoms with Gasteiger partial charge in [-0.1, -0.05) is 24.3 Å². The van der Waals surface area contributed by atoms with Crippen molar-refractivity contribution < 1.29 is 27.9 Å². The number of hydrogen-bond acceptors (Lipinski definition) is 4. The highest BCUT2D eigenvalue weighted by Gasteiger charge is 2.38. The van der Waals surface area contributed by atoms with Crippen molar-refractivity contribution in [3.63, 3.8) is 0 Å². The summed E-state index contributed by atoms with van der Waals surface area (Å²) in [6.45, 7) is 8.34. The molecule has 2 heterocycles. The fourth-order valence-electron chi connectivity index (χ4n) is 3.29. The van der Waals surface area contributed by atoms with Crippen molar-refractivity contribution in [3.8, 4) is 11.3 Å². The number of carboxylic acids is 1. The van der Waals surface area contributed by atoms with Crippen molar-refractivity contribution in [2.24, 2.45) is 0 Å². The van der Waals surface area contributed by atoms with Crippen LogP contribution in [0, 0.1) is 6.92 Å². The number of rotatable bonds is 4. The number of carboxylic acid groups (broad SMARTS) is 1. The van der Waals surface area contributed by atoms with Gasteiger partial charge in [-0.2, -0.15) is 18.3 Å². The van der Waals surface area contributed by atoms with Gasteiger partial charge in [0.15, 0.2) is 0 Å². The standard InChI is InChI=1S/C20H28N4O.C2HF3O2/c1-14(2)23(4)13-19(25)24-11-9-17-18(10-12-24)21-22-20(17)16-8-6-5-7-15(16)3;3-2(4,5)1(6)7/h5-8,14H,9-13H2,1-4H3,(H,21,22);(H,6,7). The first-order valence-electron chi connectivity index (χ1n) is 10.3. The highest BCUT2D eigenvalue weighted by atomic mass is 19.4. The zero-order valence-corrected chi connectivity index (χ0v) is 18.7. The van der Waals surface area contributed by atoms with E-state index in [1.54, 1.807) is 0 Å². The highest BCUT2D eigenvalue weighted by molar-refractivity contribution is 5.78. The van der Waals surface area contributed by atoms with Crippen molar-refractivity contribution >= 4 is 11.9 Å². The number of amides is 1. The number of aliphatic carboxylic acids is 1. The summed E-state index contributed by atoms with van der Waals surface area (Å²) in [5.74, 6) is -2.54. The number of carbonyl (C=O) groups excluding carboxylic acids is 1. The third-order valence-corrected chi connectivity index (χ3v) is 5.48. The zero-order valence-electron chi connectivity index (χ0n) is 18.7. The number of alkyl halides is 3. The van der Waals surface area contributed by atoms with Gasteiger partial charge in [-0.15, -0.1) is 0 Å². The van der Waals surface area contributed by atoms with Crippen molar-refractivity contribution in [1.82, 2.24) is 20.0 Å². The molecule has 1 aliphatic rings. The second-order valence-corrected chi connectivity index (χ2v) is 8.04. The Bertz CT molecular complexity index is 941. The molecule has 0 saturated heterocycles. The number of likely N-dealkylation sites (N-methyl/N-ethyl adjacent to an activating group) is 1. The summed E-state index contributed by atoms with van der Waals surface area (Å²) in [7, 11) is 2.00. The first-order chi connectivity index (χ1) is 14.9. The Kier molecular flexibility index (Phi) is 8.43. The number of benzene rings is 1. The molecule has 0 unspecified atom stereocenters. The molecule has 0 aliphatic carbocycles. The van der Waals surface area contributed by atoms with E-state index in [1.165, 1.54) is 22.4 Å². The number of halogens is 3. The minimum Gasteiger partial charge on any atom is -0.475 e.